The van der Waals surface area contributed by atoms with Gasteiger partial charge in [0.05, 0.1) is 5.56 Å². The maximum absolute atomic E-state index is 10.5. The molecule has 0 heterocycles. The summed E-state index contributed by atoms with van der Waals surface area (Å²) < 4.78 is 0. The highest BCUT2D eigenvalue weighted by molar-refractivity contribution is 5.83. The molecule has 3 heteroatoms. The number of phenolic OH excluding ortho intramolecular Hbond substituents is 3. The summed E-state index contributed by atoms with van der Waals surface area (Å²) in [7, 11) is 0. The fourth-order valence-electron chi connectivity index (χ4n) is 2.84. The highest BCUT2D eigenvalue weighted by atomic mass is 16.3. The molecule has 0 radical (unpaired) electrons. The number of rotatable bonds is 4. The van der Waals surface area contributed by atoms with Crippen LogP contribution in [-0.2, 0) is 19.3 Å². The van der Waals surface area contributed by atoms with Crippen molar-refractivity contribution in [2.45, 2.75) is 40.0 Å². The second kappa shape index (κ2) is 6.08. The first-order chi connectivity index (χ1) is 10.0. The lowest BCUT2D eigenvalue weighted by molar-refractivity contribution is 0.422. The standard InChI is InChI=1S/C18H22O3/c1-4-11-8-7-9-12(5-2)16(11)17-15(20)10-14(19)13(6-3)18(17)21/h7-10,19-21H,4-6H2,1-3H3. The molecular weight excluding hydrogens is 264 g/mol. The summed E-state index contributed by atoms with van der Waals surface area (Å²) in [6.45, 7) is 5.96. The van der Waals surface area contributed by atoms with Crippen LogP contribution in [0.5, 0.6) is 17.2 Å². The highest BCUT2D eigenvalue weighted by Gasteiger charge is 2.21. The van der Waals surface area contributed by atoms with E-state index in [1.807, 2.05) is 39.0 Å². The minimum atomic E-state index is -0.0854. The largest absolute Gasteiger partial charge is 0.507 e. The summed E-state index contributed by atoms with van der Waals surface area (Å²) in [5.41, 5.74) is 3.93. The van der Waals surface area contributed by atoms with Crippen molar-refractivity contribution in [1.82, 2.24) is 0 Å². The molecule has 0 unspecified atom stereocenters. The van der Waals surface area contributed by atoms with Crippen LogP contribution in [0.3, 0.4) is 0 Å². The molecule has 0 amide bonds. The van der Waals surface area contributed by atoms with Gasteiger partial charge < -0.3 is 15.3 Å². The Hall–Kier alpha value is -2.16. The fourth-order valence-corrected chi connectivity index (χ4v) is 2.84. The number of benzene rings is 2. The minimum absolute atomic E-state index is 0.0226. The smallest absolute Gasteiger partial charge is 0.134 e. The molecule has 2 aromatic carbocycles. The Labute approximate surface area is 125 Å². The lowest BCUT2D eigenvalue weighted by Gasteiger charge is -2.18. The summed E-state index contributed by atoms with van der Waals surface area (Å²) in [5, 5.41) is 30.7. The highest BCUT2D eigenvalue weighted by Crippen LogP contribution is 2.46. The van der Waals surface area contributed by atoms with Crippen LogP contribution < -0.4 is 0 Å². The molecule has 3 nitrogen and oxygen atoms in total. The SMILES string of the molecule is CCc1cccc(CC)c1-c1c(O)cc(O)c(CC)c1O. The summed E-state index contributed by atoms with van der Waals surface area (Å²) in [4.78, 5) is 0. The van der Waals surface area contributed by atoms with Crippen molar-refractivity contribution < 1.29 is 15.3 Å². The van der Waals surface area contributed by atoms with E-state index in [2.05, 4.69) is 0 Å². The molecule has 0 saturated heterocycles. The van der Waals surface area contributed by atoms with E-state index in [0.717, 1.165) is 29.5 Å². The van der Waals surface area contributed by atoms with Gasteiger partial charge in [-0.3, -0.25) is 0 Å². The van der Waals surface area contributed by atoms with Crippen LogP contribution in [0.25, 0.3) is 11.1 Å². The van der Waals surface area contributed by atoms with Crippen LogP contribution in [-0.4, -0.2) is 15.3 Å². The molecule has 0 aliphatic carbocycles. The van der Waals surface area contributed by atoms with Gasteiger partial charge in [0.15, 0.2) is 0 Å². The number of hydrogen-bond donors (Lipinski definition) is 3. The summed E-state index contributed by atoms with van der Waals surface area (Å²) in [5.74, 6) is -0.174. The third-order valence-corrected chi connectivity index (χ3v) is 3.96. The van der Waals surface area contributed by atoms with Crippen LogP contribution >= 0.6 is 0 Å². The number of phenols is 3. The molecule has 0 aliphatic rings. The van der Waals surface area contributed by atoms with Crippen molar-refractivity contribution in [2.75, 3.05) is 0 Å². The fraction of sp³-hybridized carbons (Fsp3) is 0.333. The van der Waals surface area contributed by atoms with Gasteiger partial charge in [-0.1, -0.05) is 39.0 Å². The van der Waals surface area contributed by atoms with E-state index in [-0.39, 0.29) is 17.2 Å². The van der Waals surface area contributed by atoms with E-state index in [1.54, 1.807) is 0 Å². The molecule has 2 aromatic rings. The Balaban J connectivity index is 2.85. The lowest BCUT2D eigenvalue weighted by atomic mass is 9.89. The van der Waals surface area contributed by atoms with Gasteiger partial charge in [0.1, 0.15) is 17.2 Å². The lowest BCUT2D eigenvalue weighted by Crippen LogP contribution is -1.97. The van der Waals surface area contributed by atoms with E-state index in [4.69, 9.17) is 0 Å². The molecule has 0 aromatic heterocycles. The van der Waals surface area contributed by atoms with Crippen LogP contribution in [0.4, 0.5) is 0 Å². The first kappa shape index (κ1) is 15.2. The van der Waals surface area contributed by atoms with Crippen LogP contribution in [0.1, 0.15) is 37.5 Å². The third kappa shape index (κ3) is 2.56. The summed E-state index contributed by atoms with van der Waals surface area (Å²) in [6.07, 6.45) is 2.12. The van der Waals surface area contributed by atoms with Gasteiger partial charge in [0, 0.05) is 11.6 Å². The average molecular weight is 286 g/mol. The molecule has 0 saturated carbocycles. The normalized spacial score (nSPS) is 10.8. The second-order valence-corrected chi connectivity index (χ2v) is 5.13. The Morgan fingerprint density at radius 2 is 1.33 bits per heavy atom. The molecule has 21 heavy (non-hydrogen) atoms. The molecule has 0 spiro atoms. The minimum Gasteiger partial charge on any atom is -0.507 e. The van der Waals surface area contributed by atoms with E-state index in [0.29, 0.717) is 17.5 Å². The molecule has 0 aliphatic heterocycles. The zero-order valence-corrected chi connectivity index (χ0v) is 12.8. The number of aromatic hydroxyl groups is 3. The first-order valence-corrected chi connectivity index (χ1v) is 7.42. The van der Waals surface area contributed by atoms with E-state index in [9.17, 15) is 15.3 Å². The Morgan fingerprint density at radius 3 is 1.81 bits per heavy atom. The molecule has 0 fully saturated rings. The summed E-state index contributed by atoms with van der Waals surface area (Å²) >= 11 is 0. The molecule has 3 N–H and O–H groups in total. The number of hydrogen-bond acceptors (Lipinski definition) is 3. The zero-order valence-electron chi connectivity index (χ0n) is 12.8. The molecule has 0 bridgehead atoms. The Bertz CT molecular complexity index is 638. The van der Waals surface area contributed by atoms with Gasteiger partial charge >= 0.3 is 0 Å². The number of aryl methyl sites for hydroxylation is 2. The molecule has 2 rings (SSSR count). The summed E-state index contributed by atoms with van der Waals surface area (Å²) in [6, 6.07) is 7.33. The quantitative estimate of drug-likeness (QED) is 0.791. The van der Waals surface area contributed by atoms with Crippen molar-refractivity contribution in [3.05, 3.63) is 41.0 Å². The van der Waals surface area contributed by atoms with Gasteiger partial charge in [-0.2, -0.15) is 0 Å². The third-order valence-electron chi connectivity index (χ3n) is 3.96. The maximum atomic E-state index is 10.5. The predicted molar refractivity (Wildman–Crippen MR) is 85.0 cm³/mol. The average Bonchev–Trinajstić information content (AvgIpc) is 2.47. The van der Waals surface area contributed by atoms with Crippen molar-refractivity contribution >= 4 is 0 Å². The van der Waals surface area contributed by atoms with Crippen LogP contribution in [0, 0.1) is 0 Å². The van der Waals surface area contributed by atoms with E-state index >= 15 is 0 Å². The predicted octanol–water partition coefficient (Wildman–Crippen LogP) is 4.16. The van der Waals surface area contributed by atoms with Gasteiger partial charge in [0.2, 0.25) is 0 Å². The van der Waals surface area contributed by atoms with E-state index in [1.165, 1.54) is 6.07 Å². The maximum Gasteiger partial charge on any atom is 0.134 e. The first-order valence-electron chi connectivity index (χ1n) is 7.42. The van der Waals surface area contributed by atoms with Crippen molar-refractivity contribution in [3.8, 4) is 28.4 Å². The van der Waals surface area contributed by atoms with Crippen molar-refractivity contribution in [1.29, 1.82) is 0 Å². The van der Waals surface area contributed by atoms with Crippen LogP contribution in [0.2, 0.25) is 0 Å². The van der Waals surface area contributed by atoms with Gasteiger partial charge in [-0.25, -0.2) is 0 Å². The van der Waals surface area contributed by atoms with Gasteiger partial charge in [-0.05, 0) is 36.0 Å². The Morgan fingerprint density at radius 1 is 0.762 bits per heavy atom. The van der Waals surface area contributed by atoms with Gasteiger partial charge in [-0.15, -0.1) is 0 Å². The van der Waals surface area contributed by atoms with Crippen molar-refractivity contribution in [3.63, 3.8) is 0 Å². The monoisotopic (exact) mass is 286 g/mol. The van der Waals surface area contributed by atoms with Gasteiger partial charge in [0.25, 0.3) is 0 Å². The van der Waals surface area contributed by atoms with Crippen LogP contribution in [0.15, 0.2) is 24.3 Å². The zero-order chi connectivity index (χ0) is 15.6. The Kier molecular flexibility index (Phi) is 4.41. The second-order valence-electron chi connectivity index (χ2n) is 5.13. The molecule has 112 valence electrons. The van der Waals surface area contributed by atoms with Crippen molar-refractivity contribution in [2.24, 2.45) is 0 Å². The topological polar surface area (TPSA) is 60.7 Å². The van der Waals surface area contributed by atoms with E-state index < -0.39 is 0 Å². The molecule has 0 atom stereocenters. The molecular formula is C18H22O3.